The van der Waals surface area contributed by atoms with Gasteiger partial charge in [0.25, 0.3) is 0 Å². The molecule has 5 rings (SSSR count). The van der Waals surface area contributed by atoms with Crippen LogP contribution in [-0.4, -0.2) is 72.2 Å². The van der Waals surface area contributed by atoms with Crippen LogP contribution in [0.2, 0.25) is 0 Å². The second-order valence-electron chi connectivity index (χ2n) is 8.47. The maximum Gasteiger partial charge on any atom is 0.216 e. The Balaban J connectivity index is 1.35. The van der Waals surface area contributed by atoms with Gasteiger partial charge in [-0.3, -0.25) is 14.1 Å². The first kappa shape index (κ1) is 22.8. The monoisotopic (exact) mass is 482 g/mol. The minimum Gasteiger partial charge on any atom is -0.771 e. The van der Waals surface area contributed by atoms with E-state index in [1.54, 1.807) is 6.20 Å². The van der Waals surface area contributed by atoms with E-state index in [-0.39, 0.29) is 11.9 Å². The number of anilines is 2. The van der Waals surface area contributed by atoms with E-state index in [1.807, 2.05) is 35.4 Å². The fraction of sp³-hybridized carbons (Fsp3) is 0.391. The lowest BCUT2D eigenvalue weighted by Gasteiger charge is -2.38. The molecule has 0 amide bonds. The lowest BCUT2D eigenvalue weighted by atomic mass is 9.99. The van der Waals surface area contributed by atoms with Gasteiger partial charge in [0, 0.05) is 74.9 Å². The molecule has 2 unspecified atom stereocenters. The normalized spacial score (nSPS) is 19.7. The highest BCUT2D eigenvalue weighted by Crippen LogP contribution is 2.34. The fourth-order valence-electron chi connectivity index (χ4n) is 4.58. The van der Waals surface area contributed by atoms with Crippen molar-refractivity contribution < 1.29 is 13.2 Å². The largest absolute Gasteiger partial charge is 0.771 e. The maximum absolute atomic E-state index is 14.6. The number of aromatic nitrogens is 4. The summed E-state index contributed by atoms with van der Waals surface area (Å²) in [5, 5.41) is 0. The van der Waals surface area contributed by atoms with Crippen LogP contribution in [0.4, 0.5) is 15.9 Å². The minimum absolute atomic E-state index is 0.0264. The molecular weight excluding hydrogens is 457 g/mol. The Labute approximate surface area is 200 Å². The zero-order valence-electron chi connectivity index (χ0n) is 18.8. The zero-order chi connectivity index (χ0) is 23.7. The van der Waals surface area contributed by atoms with Gasteiger partial charge in [0.2, 0.25) is 5.95 Å². The average Bonchev–Trinajstić information content (AvgIpc) is 2.84. The molecule has 3 aromatic rings. The highest BCUT2D eigenvalue weighted by Gasteiger charge is 2.28. The van der Waals surface area contributed by atoms with E-state index in [4.69, 9.17) is 4.98 Å². The van der Waals surface area contributed by atoms with Gasteiger partial charge < -0.3 is 14.4 Å². The summed E-state index contributed by atoms with van der Waals surface area (Å²) in [6.45, 7) is 5.18. The number of pyridine rings is 2. The van der Waals surface area contributed by atoms with Crippen LogP contribution >= 0.6 is 0 Å². The third-order valence-corrected chi connectivity index (χ3v) is 6.96. The molecule has 11 heteroatoms. The lowest BCUT2D eigenvalue weighted by Crippen LogP contribution is -2.47. The standard InChI is InChI=1S/C23H26FN7O2S/c1-16-18-14-26-23(20-4-2-3-6-25-20)27-19(18)5-7-31(16)22-13-17(12-21(24)28-22)30-10-8-29(9-11-30)15-34(32)33/h2-4,6,12-14,16H,5,7-11,15H2,1H3,(H,32,33)/p-1. The number of halogens is 1. The molecule has 1 saturated heterocycles. The van der Waals surface area contributed by atoms with Crippen LogP contribution in [0.15, 0.2) is 42.7 Å². The maximum atomic E-state index is 14.6. The predicted molar refractivity (Wildman–Crippen MR) is 126 cm³/mol. The summed E-state index contributed by atoms with van der Waals surface area (Å²) in [6, 6.07) is 8.94. The number of hydrogen-bond donors (Lipinski definition) is 0. The first-order valence-electron chi connectivity index (χ1n) is 11.2. The third kappa shape index (κ3) is 4.77. The van der Waals surface area contributed by atoms with Crippen molar-refractivity contribution in [1.82, 2.24) is 24.8 Å². The molecule has 0 spiro atoms. The van der Waals surface area contributed by atoms with Gasteiger partial charge in [0.1, 0.15) is 11.5 Å². The predicted octanol–water partition coefficient (Wildman–Crippen LogP) is 2.15. The topological polar surface area (TPSA) is 101 Å². The van der Waals surface area contributed by atoms with E-state index in [0.717, 1.165) is 22.6 Å². The van der Waals surface area contributed by atoms with Crippen molar-refractivity contribution in [3.63, 3.8) is 0 Å². The highest BCUT2D eigenvalue weighted by molar-refractivity contribution is 7.79. The number of rotatable bonds is 5. The molecule has 0 aliphatic carbocycles. The molecule has 0 N–H and O–H groups in total. The van der Waals surface area contributed by atoms with Crippen LogP contribution in [0.1, 0.15) is 24.2 Å². The first-order valence-corrected chi connectivity index (χ1v) is 12.5. The SMILES string of the molecule is CC1c2cnc(-c3ccccn3)nc2CCN1c1cc(N2CCN(CS(=O)[O-])CC2)cc(F)n1. The zero-order valence-corrected chi connectivity index (χ0v) is 19.6. The quantitative estimate of drug-likeness (QED) is 0.400. The molecule has 178 valence electrons. The van der Waals surface area contributed by atoms with Crippen molar-refractivity contribution in [2.24, 2.45) is 0 Å². The molecule has 0 saturated carbocycles. The smallest absolute Gasteiger partial charge is 0.216 e. The van der Waals surface area contributed by atoms with Crippen LogP contribution in [0, 0.1) is 5.95 Å². The first-order chi connectivity index (χ1) is 16.5. The Morgan fingerprint density at radius 1 is 1.12 bits per heavy atom. The van der Waals surface area contributed by atoms with Gasteiger partial charge in [-0.2, -0.15) is 4.39 Å². The van der Waals surface area contributed by atoms with Crippen LogP contribution in [0.3, 0.4) is 0 Å². The molecular formula is C23H25FN7O2S-. The van der Waals surface area contributed by atoms with Gasteiger partial charge in [0.15, 0.2) is 5.82 Å². The summed E-state index contributed by atoms with van der Waals surface area (Å²) in [5.41, 5.74) is 3.46. The van der Waals surface area contributed by atoms with E-state index in [0.29, 0.717) is 50.8 Å². The molecule has 5 heterocycles. The Morgan fingerprint density at radius 3 is 2.68 bits per heavy atom. The van der Waals surface area contributed by atoms with Crippen molar-refractivity contribution in [2.45, 2.75) is 19.4 Å². The second-order valence-corrected chi connectivity index (χ2v) is 9.34. The van der Waals surface area contributed by atoms with Crippen LogP contribution in [0.5, 0.6) is 0 Å². The molecule has 0 radical (unpaired) electrons. The Morgan fingerprint density at radius 2 is 1.94 bits per heavy atom. The Kier molecular flexibility index (Phi) is 6.48. The van der Waals surface area contributed by atoms with Gasteiger partial charge in [-0.1, -0.05) is 6.07 Å². The molecule has 0 bridgehead atoms. The number of fused-ring (bicyclic) bond motifs is 1. The molecule has 0 aromatic carbocycles. The summed E-state index contributed by atoms with van der Waals surface area (Å²) in [4.78, 5) is 23.8. The average molecular weight is 483 g/mol. The van der Waals surface area contributed by atoms with Gasteiger partial charge in [-0.15, -0.1) is 0 Å². The van der Waals surface area contributed by atoms with Crippen LogP contribution in [0.25, 0.3) is 11.5 Å². The summed E-state index contributed by atoms with van der Waals surface area (Å²) in [5.74, 6) is 0.671. The third-order valence-electron chi connectivity index (χ3n) is 6.39. The molecule has 9 nitrogen and oxygen atoms in total. The van der Waals surface area contributed by atoms with E-state index in [2.05, 4.69) is 31.7 Å². The van der Waals surface area contributed by atoms with Crippen molar-refractivity contribution in [2.75, 3.05) is 48.4 Å². The van der Waals surface area contributed by atoms with E-state index >= 15 is 0 Å². The van der Waals surface area contributed by atoms with Crippen molar-refractivity contribution in [1.29, 1.82) is 0 Å². The molecule has 2 atom stereocenters. The fourth-order valence-corrected chi connectivity index (χ4v) is 5.14. The lowest BCUT2D eigenvalue weighted by molar-refractivity contribution is 0.291. The van der Waals surface area contributed by atoms with Crippen molar-refractivity contribution >= 4 is 22.6 Å². The molecule has 2 aliphatic heterocycles. The Hall–Kier alpha value is -3.02. The molecule has 2 aliphatic rings. The highest BCUT2D eigenvalue weighted by atomic mass is 32.2. The molecule has 34 heavy (non-hydrogen) atoms. The van der Waals surface area contributed by atoms with Gasteiger partial charge >= 0.3 is 0 Å². The van der Waals surface area contributed by atoms with Gasteiger partial charge in [0.05, 0.1) is 17.6 Å². The number of nitrogens with zero attached hydrogens (tertiary/aromatic N) is 7. The minimum atomic E-state index is -2.10. The number of piperazine rings is 1. The summed E-state index contributed by atoms with van der Waals surface area (Å²) in [7, 11) is 0. The van der Waals surface area contributed by atoms with Crippen LogP contribution < -0.4 is 9.80 Å². The molecule has 3 aromatic heterocycles. The second kappa shape index (κ2) is 9.69. The van der Waals surface area contributed by atoms with E-state index < -0.39 is 17.0 Å². The Bertz CT molecular complexity index is 1190. The summed E-state index contributed by atoms with van der Waals surface area (Å²) < 4.78 is 36.5. The van der Waals surface area contributed by atoms with Crippen molar-refractivity contribution in [3.8, 4) is 11.5 Å². The van der Waals surface area contributed by atoms with E-state index in [9.17, 15) is 13.2 Å². The van der Waals surface area contributed by atoms with Crippen molar-refractivity contribution in [3.05, 3.63) is 59.9 Å². The molecule has 1 fully saturated rings. The number of hydrogen-bond acceptors (Lipinski definition) is 9. The van der Waals surface area contributed by atoms with Gasteiger partial charge in [-0.05, 0) is 30.1 Å². The van der Waals surface area contributed by atoms with E-state index in [1.165, 1.54) is 6.07 Å². The van der Waals surface area contributed by atoms with Crippen LogP contribution in [-0.2, 0) is 17.5 Å². The summed E-state index contributed by atoms with van der Waals surface area (Å²) in [6.07, 6.45) is 4.25. The summed E-state index contributed by atoms with van der Waals surface area (Å²) >= 11 is -2.10. The van der Waals surface area contributed by atoms with Gasteiger partial charge in [-0.25, -0.2) is 15.0 Å².